The van der Waals surface area contributed by atoms with Gasteiger partial charge in [-0.25, -0.2) is 0 Å². The molecular formula is C16H20ClNO2S. The third-order valence-electron chi connectivity index (χ3n) is 3.30. The molecule has 5 heteroatoms. The van der Waals surface area contributed by atoms with E-state index >= 15 is 0 Å². The molecular weight excluding hydrogens is 306 g/mol. The first kappa shape index (κ1) is 16.1. The van der Waals surface area contributed by atoms with Crippen LogP contribution >= 0.6 is 22.9 Å². The Morgan fingerprint density at radius 2 is 1.81 bits per heavy atom. The summed E-state index contributed by atoms with van der Waals surface area (Å²) in [4.78, 5) is 1.12. The summed E-state index contributed by atoms with van der Waals surface area (Å²) in [5.41, 5.74) is 2.19. The van der Waals surface area contributed by atoms with E-state index in [1.165, 1.54) is 0 Å². The van der Waals surface area contributed by atoms with E-state index in [2.05, 4.69) is 17.6 Å². The Kier molecular flexibility index (Phi) is 5.51. The first-order valence-electron chi connectivity index (χ1n) is 6.80. The first-order valence-corrected chi connectivity index (χ1v) is 8.06. The molecule has 0 saturated heterocycles. The predicted octanol–water partition coefficient (Wildman–Crippen LogP) is 4.43. The minimum absolute atomic E-state index is 0.0326. The number of nitrogens with one attached hydrogen (secondary N) is 1. The van der Waals surface area contributed by atoms with Crippen LogP contribution in [-0.4, -0.2) is 20.8 Å². The van der Waals surface area contributed by atoms with E-state index < -0.39 is 0 Å². The van der Waals surface area contributed by atoms with Gasteiger partial charge in [-0.3, -0.25) is 0 Å². The van der Waals surface area contributed by atoms with Crippen molar-refractivity contribution in [3.05, 3.63) is 44.6 Å². The molecule has 1 aromatic carbocycles. The lowest BCUT2D eigenvalue weighted by molar-refractivity contribution is 0.392. The van der Waals surface area contributed by atoms with Gasteiger partial charge in [0.25, 0.3) is 0 Å². The van der Waals surface area contributed by atoms with Crippen molar-refractivity contribution < 1.29 is 9.47 Å². The summed E-state index contributed by atoms with van der Waals surface area (Å²) in [6, 6.07) is 5.93. The second-order valence-electron chi connectivity index (χ2n) is 4.73. The second kappa shape index (κ2) is 7.16. The molecule has 1 heterocycles. The molecule has 21 heavy (non-hydrogen) atoms. The Hall–Kier alpha value is -1.23. The van der Waals surface area contributed by atoms with E-state index in [1.54, 1.807) is 25.6 Å². The highest BCUT2D eigenvalue weighted by Crippen LogP contribution is 2.37. The Balaban J connectivity index is 2.49. The largest absolute Gasteiger partial charge is 0.497 e. The minimum Gasteiger partial charge on any atom is -0.497 e. The average molecular weight is 326 g/mol. The molecule has 0 fully saturated rings. The molecule has 3 nitrogen and oxygen atoms in total. The van der Waals surface area contributed by atoms with Crippen molar-refractivity contribution in [3.8, 4) is 11.5 Å². The highest BCUT2D eigenvalue weighted by molar-refractivity contribution is 7.10. The van der Waals surface area contributed by atoms with Crippen LogP contribution in [0.5, 0.6) is 11.5 Å². The van der Waals surface area contributed by atoms with Gasteiger partial charge in [0, 0.05) is 10.9 Å². The van der Waals surface area contributed by atoms with Crippen molar-refractivity contribution in [2.75, 3.05) is 20.8 Å². The molecule has 114 valence electrons. The van der Waals surface area contributed by atoms with Crippen LogP contribution in [0.3, 0.4) is 0 Å². The number of thiophene rings is 1. The molecule has 0 radical (unpaired) electrons. The van der Waals surface area contributed by atoms with Gasteiger partial charge in [-0.15, -0.1) is 11.3 Å². The smallest absolute Gasteiger partial charge is 0.122 e. The van der Waals surface area contributed by atoms with Gasteiger partial charge in [0.05, 0.1) is 25.3 Å². The van der Waals surface area contributed by atoms with Crippen LogP contribution in [0.15, 0.2) is 23.6 Å². The minimum atomic E-state index is 0.0326. The summed E-state index contributed by atoms with van der Waals surface area (Å²) in [6.07, 6.45) is 0. The summed E-state index contributed by atoms with van der Waals surface area (Å²) in [5, 5.41) is 6.40. The lowest BCUT2D eigenvalue weighted by Gasteiger charge is -2.19. The van der Waals surface area contributed by atoms with Crippen LogP contribution in [0.1, 0.15) is 29.0 Å². The molecule has 1 unspecified atom stereocenters. The van der Waals surface area contributed by atoms with Gasteiger partial charge in [0.2, 0.25) is 0 Å². The van der Waals surface area contributed by atoms with Gasteiger partial charge >= 0.3 is 0 Å². The first-order chi connectivity index (χ1) is 10.1. The van der Waals surface area contributed by atoms with Crippen LogP contribution in [0.2, 0.25) is 5.02 Å². The Morgan fingerprint density at radius 3 is 2.24 bits per heavy atom. The Bertz CT molecular complexity index is 590. The number of aryl methyl sites for hydroxylation is 1. The maximum absolute atomic E-state index is 6.44. The molecule has 2 aromatic rings. The molecule has 0 aliphatic rings. The quantitative estimate of drug-likeness (QED) is 0.852. The van der Waals surface area contributed by atoms with Crippen LogP contribution in [0.25, 0.3) is 0 Å². The number of benzene rings is 1. The number of halogens is 1. The zero-order valence-electron chi connectivity index (χ0n) is 12.7. The lowest BCUT2D eigenvalue weighted by atomic mass is 10.0. The fraction of sp³-hybridized carbons (Fsp3) is 0.375. The second-order valence-corrected chi connectivity index (χ2v) is 6.02. The van der Waals surface area contributed by atoms with Gasteiger partial charge in [-0.2, -0.15) is 0 Å². The fourth-order valence-corrected chi connectivity index (χ4v) is 3.61. The van der Waals surface area contributed by atoms with Gasteiger partial charge in [0.1, 0.15) is 11.5 Å². The van der Waals surface area contributed by atoms with Crippen molar-refractivity contribution in [1.29, 1.82) is 0 Å². The summed E-state index contributed by atoms with van der Waals surface area (Å²) in [6.45, 7) is 4.95. The molecule has 1 aromatic heterocycles. The van der Waals surface area contributed by atoms with Crippen LogP contribution in [0.4, 0.5) is 0 Å². The summed E-state index contributed by atoms with van der Waals surface area (Å²) in [5.74, 6) is 1.55. The topological polar surface area (TPSA) is 30.5 Å². The molecule has 0 aliphatic heterocycles. The molecule has 0 spiro atoms. The van der Waals surface area contributed by atoms with E-state index in [4.69, 9.17) is 21.1 Å². The van der Waals surface area contributed by atoms with Crippen molar-refractivity contribution in [2.45, 2.75) is 19.9 Å². The highest BCUT2D eigenvalue weighted by Gasteiger charge is 2.20. The van der Waals surface area contributed by atoms with Crippen LogP contribution in [0, 0.1) is 6.92 Å². The SMILES string of the molecule is CCNC(c1cc(OC)cc(OC)c1)c1scc(C)c1Cl. The fourth-order valence-electron chi connectivity index (χ4n) is 2.21. The predicted molar refractivity (Wildman–Crippen MR) is 89.1 cm³/mol. The normalized spacial score (nSPS) is 12.2. The van der Waals surface area contributed by atoms with Crippen LogP contribution in [-0.2, 0) is 0 Å². The Labute approximate surface area is 134 Å². The van der Waals surface area contributed by atoms with E-state index in [0.717, 1.165) is 39.1 Å². The maximum Gasteiger partial charge on any atom is 0.122 e. The third kappa shape index (κ3) is 3.51. The van der Waals surface area contributed by atoms with Gasteiger partial charge in [0.15, 0.2) is 0 Å². The van der Waals surface area contributed by atoms with Crippen molar-refractivity contribution >= 4 is 22.9 Å². The zero-order valence-corrected chi connectivity index (χ0v) is 14.3. The van der Waals surface area contributed by atoms with Crippen molar-refractivity contribution in [1.82, 2.24) is 5.32 Å². The Morgan fingerprint density at radius 1 is 1.19 bits per heavy atom. The molecule has 0 saturated carbocycles. The lowest BCUT2D eigenvalue weighted by Crippen LogP contribution is -2.21. The standard InChI is InChI=1S/C16H20ClNO2S/c1-5-18-15(16-14(17)10(2)9-21-16)11-6-12(19-3)8-13(7-11)20-4/h6-9,15,18H,5H2,1-4H3. The number of methoxy groups -OCH3 is 2. The van der Waals surface area contributed by atoms with Gasteiger partial charge in [-0.1, -0.05) is 18.5 Å². The monoisotopic (exact) mass is 325 g/mol. The number of ether oxygens (including phenoxy) is 2. The number of hydrogen-bond donors (Lipinski definition) is 1. The van der Waals surface area contributed by atoms with E-state index in [1.807, 2.05) is 25.1 Å². The summed E-state index contributed by atoms with van der Waals surface area (Å²) >= 11 is 8.11. The molecule has 1 atom stereocenters. The molecule has 0 aliphatic carbocycles. The third-order valence-corrected chi connectivity index (χ3v) is 5.08. The summed E-state index contributed by atoms with van der Waals surface area (Å²) in [7, 11) is 3.31. The van der Waals surface area contributed by atoms with Crippen molar-refractivity contribution in [3.63, 3.8) is 0 Å². The highest BCUT2D eigenvalue weighted by atomic mass is 35.5. The van der Waals surface area contributed by atoms with Gasteiger partial charge in [-0.05, 0) is 42.1 Å². The van der Waals surface area contributed by atoms with E-state index in [-0.39, 0.29) is 6.04 Å². The van der Waals surface area contributed by atoms with Gasteiger partial charge < -0.3 is 14.8 Å². The average Bonchev–Trinajstić information content (AvgIpc) is 2.84. The maximum atomic E-state index is 6.44. The molecule has 0 bridgehead atoms. The van der Waals surface area contributed by atoms with E-state index in [0.29, 0.717) is 0 Å². The molecule has 0 amide bonds. The number of hydrogen-bond acceptors (Lipinski definition) is 4. The van der Waals surface area contributed by atoms with Crippen LogP contribution < -0.4 is 14.8 Å². The zero-order chi connectivity index (χ0) is 15.4. The summed E-state index contributed by atoms with van der Waals surface area (Å²) < 4.78 is 10.7. The number of rotatable bonds is 6. The molecule has 1 N–H and O–H groups in total. The van der Waals surface area contributed by atoms with Crippen molar-refractivity contribution in [2.24, 2.45) is 0 Å². The molecule has 2 rings (SSSR count). The van der Waals surface area contributed by atoms with E-state index in [9.17, 15) is 0 Å².